The summed E-state index contributed by atoms with van der Waals surface area (Å²) in [6.45, 7) is 1.69. The number of hydrogen-bond donors (Lipinski definition) is 3. The molecule has 0 saturated carbocycles. The van der Waals surface area contributed by atoms with Gasteiger partial charge >= 0.3 is 12.1 Å². The van der Waals surface area contributed by atoms with E-state index in [0.717, 1.165) is 29.9 Å². The number of ether oxygens (including phenoxy) is 1. The second kappa shape index (κ2) is 12.8. The highest BCUT2D eigenvalue weighted by Crippen LogP contribution is 2.36. The molecule has 0 saturated heterocycles. The maximum Gasteiger partial charge on any atom is 0.490 e. The first-order valence-corrected chi connectivity index (χ1v) is 11.3. The second-order valence-electron chi connectivity index (χ2n) is 8.00. The summed E-state index contributed by atoms with van der Waals surface area (Å²) in [7, 11) is 1.64. The Kier molecular flexibility index (Phi) is 9.57. The lowest BCUT2D eigenvalue weighted by Gasteiger charge is -2.18. The fourth-order valence-corrected chi connectivity index (χ4v) is 3.31. The van der Waals surface area contributed by atoms with E-state index in [1.54, 1.807) is 18.0 Å². The minimum atomic E-state index is -5.08. The number of aromatic nitrogens is 7. The summed E-state index contributed by atoms with van der Waals surface area (Å²) in [6, 6.07) is 7.36. The van der Waals surface area contributed by atoms with Crippen LogP contribution >= 0.6 is 0 Å². The van der Waals surface area contributed by atoms with Gasteiger partial charge in [0.1, 0.15) is 11.7 Å². The Balaban J connectivity index is 0.000000505. The molecule has 0 aliphatic carbocycles. The molecule has 3 aromatic heterocycles. The van der Waals surface area contributed by atoms with Crippen molar-refractivity contribution < 1.29 is 27.8 Å². The molecule has 38 heavy (non-hydrogen) atoms. The Morgan fingerprint density at radius 1 is 1.32 bits per heavy atom. The summed E-state index contributed by atoms with van der Waals surface area (Å²) in [4.78, 5) is 13.3. The molecule has 3 aromatic rings. The van der Waals surface area contributed by atoms with Crippen molar-refractivity contribution in [3.8, 4) is 23.7 Å². The lowest BCUT2D eigenvalue weighted by Crippen LogP contribution is -2.30. The number of methoxy groups -OCH3 is 1. The zero-order valence-electron chi connectivity index (χ0n) is 20.3. The molecular weight excluding hydrogens is 509 g/mol. The van der Waals surface area contributed by atoms with Crippen LogP contribution in [0, 0.1) is 12.3 Å². The van der Waals surface area contributed by atoms with Crippen LogP contribution in [0.2, 0.25) is 0 Å². The van der Waals surface area contributed by atoms with Gasteiger partial charge in [-0.3, -0.25) is 10.1 Å². The number of aromatic amines is 1. The average molecular weight is 535 g/mol. The number of terminal acetylenes is 1. The van der Waals surface area contributed by atoms with Crippen LogP contribution in [0.4, 0.5) is 13.2 Å². The van der Waals surface area contributed by atoms with Gasteiger partial charge < -0.3 is 15.2 Å². The molecule has 3 N–H and O–H groups in total. The summed E-state index contributed by atoms with van der Waals surface area (Å²) >= 11 is 0. The minimum absolute atomic E-state index is 0.305. The number of tetrazole rings is 1. The smallest absolute Gasteiger partial charge is 0.475 e. The first-order valence-electron chi connectivity index (χ1n) is 11.3. The third-order valence-electron chi connectivity index (χ3n) is 5.33. The van der Waals surface area contributed by atoms with Gasteiger partial charge in [-0.1, -0.05) is 6.07 Å². The highest BCUT2D eigenvalue weighted by atomic mass is 19.4. The van der Waals surface area contributed by atoms with Gasteiger partial charge in [0.15, 0.2) is 11.5 Å². The summed E-state index contributed by atoms with van der Waals surface area (Å²) < 4.78 is 38.6. The zero-order chi connectivity index (χ0) is 27.6. The Labute approximate surface area is 214 Å². The topological polar surface area (TPSA) is 168 Å². The highest BCUT2D eigenvalue weighted by Gasteiger charge is 2.39. The molecule has 4 heterocycles. The highest BCUT2D eigenvalue weighted by molar-refractivity contribution is 5.73. The monoisotopic (exact) mass is 534 g/mol. The molecule has 16 heteroatoms. The van der Waals surface area contributed by atoms with E-state index in [1.807, 2.05) is 24.3 Å². The van der Waals surface area contributed by atoms with Crippen LogP contribution in [0.25, 0.3) is 11.4 Å². The SMILES string of the molecule is C#CCCC1(CCNC(c2cc(-c3ccccn3)n[nH]2)c2nnnn2CCOC)N=N1.O=C(O)C(F)(F)F. The van der Waals surface area contributed by atoms with Crippen LogP contribution in [0.15, 0.2) is 40.7 Å². The third kappa shape index (κ3) is 7.88. The van der Waals surface area contributed by atoms with Gasteiger partial charge in [-0.2, -0.15) is 28.5 Å². The minimum Gasteiger partial charge on any atom is -0.475 e. The van der Waals surface area contributed by atoms with Gasteiger partial charge in [-0.15, -0.1) is 17.4 Å². The van der Waals surface area contributed by atoms with Gasteiger partial charge in [0, 0.05) is 39.1 Å². The predicted molar refractivity (Wildman–Crippen MR) is 125 cm³/mol. The van der Waals surface area contributed by atoms with E-state index < -0.39 is 12.1 Å². The zero-order valence-corrected chi connectivity index (χ0v) is 20.3. The van der Waals surface area contributed by atoms with Crippen LogP contribution in [-0.4, -0.2) is 78.6 Å². The fraction of sp³-hybridized carbons (Fsp3) is 0.455. The van der Waals surface area contributed by atoms with E-state index in [9.17, 15) is 13.2 Å². The normalized spacial score (nSPS) is 14.3. The van der Waals surface area contributed by atoms with Crippen LogP contribution in [-0.2, 0) is 16.1 Å². The summed E-state index contributed by atoms with van der Waals surface area (Å²) in [5, 5.41) is 38.8. The number of carboxylic acids is 1. The number of H-pyrrole nitrogens is 1. The number of nitrogens with one attached hydrogen (secondary N) is 2. The largest absolute Gasteiger partial charge is 0.490 e. The van der Waals surface area contributed by atoms with Crippen molar-refractivity contribution >= 4 is 5.97 Å². The van der Waals surface area contributed by atoms with Crippen LogP contribution in [0.5, 0.6) is 0 Å². The molecule has 1 unspecified atom stereocenters. The average Bonchev–Trinajstić information content (AvgIpc) is 3.27. The maximum absolute atomic E-state index is 10.6. The quantitative estimate of drug-likeness (QED) is 0.295. The van der Waals surface area contributed by atoms with E-state index in [2.05, 4.69) is 52.2 Å². The molecule has 0 spiro atoms. The Hall–Kier alpha value is -4.23. The van der Waals surface area contributed by atoms with Crippen LogP contribution in [0.3, 0.4) is 0 Å². The maximum atomic E-state index is 10.6. The molecule has 4 rings (SSSR count). The van der Waals surface area contributed by atoms with Crippen molar-refractivity contribution in [2.24, 2.45) is 10.2 Å². The molecule has 0 fully saturated rings. The fourth-order valence-electron chi connectivity index (χ4n) is 3.31. The summed E-state index contributed by atoms with van der Waals surface area (Å²) in [5.74, 6) is 0.561. The van der Waals surface area contributed by atoms with E-state index in [0.29, 0.717) is 31.9 Å². The summed E-state index contributed by atoms with van der Waals surface area (Å²) in [5.41, 5.74) is 2.00. The first kappa shape index (κ1) is 28.3. The van der Waals surface area contributed by atoms with Crippen molar-refractivity contribution in [1.29, 1.82) is 0 Å². The number of hydrogen-bond acceptors (Lipinski definition) is 10. The third-order valence-corrected chi connectivity index (χ3v) is 5.33. The number of carbonyl (C=O) groups is 1. The van der Waals surface area contributed by atoms with Gasteiger partial charge in [0.05, 0.1) is 24.5 Å². The lowest BCUT2D eigenvalue weighted by atomic mass is 10.0. The van der Waals surface area contributed by atoms with E-state index >= 15 is 0 Å². The molecule has 1 aliphatic rings. The van der Waals surface area contributed by atoms with Crippen molar-refractivity contribution in [3.05, 3.63) is 42.0 Å². The number of pyridine rings is 1. The number of alkyl halides is 3. The molecule has 0 aromatic carbocycles. The van der Waals surface area contributed by atoms with Crippen LogP contribution in [0.1, 0.15) is 36.8 Å². The van der Waals surface area contributed by atoms with Gasteiger partial charge in [-0.25, -0.2) is 9.48 Å². The standard InChI is InChI=1S/C20H24N10O.C2HF3O2/c1-3-4-8-20(26-27-20)9-11-22-18(19-25-28-29-30(19)12-13-31-2)17-14-16(23-24-17)15-7-5-6-10-21-15;3-2(4,5)1(6)7/h1,5-7,10,14,18,22H,4,8-9,11-13H2,2H3,(H,23,24);(H,6,7). The molecule has 202 valence electrons. The van der Waals surface area contributed by atoms with Crippen molar-refractivity contribution in [2.45, 2.75) is 43.7 Å². The van der Waals surface area contributed by atoms with Gasteiger partial charge in [0.25, 0.3) is 0 Å². The van der Waals surface area contributed by atoms with Gasteiger partial charge in [0.2, 0.25) is 0 Å². The second-order valence-corrected chi connectivity index (χ2v) is 8.00. The Morgan fingerprint density at radius 2 is 2.08 bits per heavy atom. The number of halogens is 3. The first-order chi connectivity index (χ1) is 18.2. The van der Waals surface area contributed by atoms with Crippen molar-refractivity contribution in [1.82, 2.24) is 40.7 Å². The van der Waals surface area contributed by atoms with E-state index in [1.165, 1.54) is 0 Å². The Bertz CT molecular complexity index is 1250. The lowest BCUT2D eigenvalue weighted by molar-refractivity contribution is -0.192. The number of aliphatic carboxylic acids is 1. The number of nitrogens with zero attached hydrogens (tertiary/aromatic N) is 8. The van der Waals surface area contributed by atoms with Crippen molar-refractivity contribution in [2.75, 3.05) is 20.3 Å². The number of rotatable bonds is 12. The summed E-state index contributed by atoms with van der Waals surface area (Å²) in [6.07, 6.45) is 4.20. The van der Waals surface area contributed by atoms with Crippen LogP contribution < -0.4 is 5.32 Å². The molecular formula is C22H25F3N10O3. The Morgan fingerprint density at radius 3 is 2.68 bits per heavy atom. The molecule has 0 amide bonds. The number of carboxylic acid groups (broad SMARTS) is 1. The molecule has 0 bridgehead atoms. The van der Waals surface area contributed by atoms with E-state index in [4.69, 9.17) is 21.1 Å². The molecule has 1 aliphatic heterocycles. The predicted octanol–water partition coefficient (Wildman–Crippen LogP) is 2.38. The van der Waals surface area contributed by atoms with E-state index in [-0.39, 0.29) is 11.7 Å². The van der Waals surface area contributed by atoms with Gasteiger partial charge in [-0.05, 0) is 28.6 Å². The molecule has 1 atom stereocenters. The van der Waals surface area contributed by atoms with Crippen molar-refractivity contribution in [3.63, 3.8) is 0 Å². The molecule has 0 radical (unpaired) electrons. The molecule has 13 nitrogen and oxygen atoms in total.